The van der Waals surface area contributed by atoms with Crippen molar-refractivity contribution >= 4 is 23.2 Å². The summed E-state index contributed by atoms with van der Waals surface area (Å²) in [7, 11) is 3.17. The van der Waals surface area contributed by atoms with Crippen LogP contribution in [0.3, 0.4) is 0 Å². The molecule has 2 amide bonds. The fourth-order valence-corrected chi connectivity index (χ4v) is 3.27. The lowest BCUT2D eigenvalue weighted by Gasteiger charge is -2.29. The van der Waals surface area contributed by atoms with Crippen molar-refractivity contribution in [2.45, 2.75) is 26.2 Å². The molecule has 7 heteroatoms. The van der Waals surface area contributed by atoms with E-state index in [2.05, 4.69) is 5.32 Å². The second kappa shape index (κ2) is 9.32. The van der Waals surface area contributed by atoms with Gasteiger partial charge in [0.25, 0.3) is 5.91 Å². The van der Waals surface area contributed by atoms with Crippen LogP contribution in [-0.4, -0.2) is 39.2 Å². The molecule has 1 aliphatic rings. The second-order valence-electron chi connectivity index (χ2n) is 6.75. The molecule has 0 bridgehead atoms. The summed E-state index contributed by atoms with van der Waals surface area (Å²) >= 11 is 0. The highest BCUT2D eigenvalue weighted by Gasteiger charge is 2.25. The molecular weight excluding hydrogens is 372 g/mol. The normalized spacial score (nSPS) is 12.8. The van der Waals surface area contributed by atoms with Crippen molar-refractivity contribution in [2.24, 2.45) is 0 Å². The number of methoxy groups -OCH3 is 2. The number of carbonyl (C=O) groups is 2. The molecule has 1 N–H and O–H groups in total. The third-order valence-corrected chi connectivity index (χ3v) is 4.72. The monoisotopic (exact) mass is 398 g/mol. The zero-order chi connectivity index (χ0) is 20.8. The van der Waals surface area contributed by atoms with Crippen LogP contribution in [0.15, 0.2) is 36.4 Å². The van der Waals surface area contributed by atoms with Crippen molar-refractivity contribution in [3.63, 3.8) is 0 Å². The van der Waals surface area contributed by atoms with Crippen molar-refractivity contribution in [1.82, 2.24) is 0 Å². The van der Waals surface area contributed by atoms with Gasteiger partial charge in [0.1, 0.15) is 5.75 Å². The van der Waals surface area contributed by atoms with Gasteiger partial charge in [0, 0.05) is 24.7 Å². The molecule has 2 aromatic rings. The maximum absolute atomic E-state index is 12.4. The lowest BCUT2D eigenvalue weighted by molar-refractivity contribution is -0.121. The van der Waals surface area contributed by atoms with E-state index in [4.69, 9.17) is 14.2 Å². The Labute approximate surface area is 170 Å². The topological polar surface area (TPSA) is 77.1 Å². The van der Waals surface area contributed by atoms with Gasteiger partial charge in [0.05, 0.1) is 19.9 Å². The number of anilines is 2. The van der Waals surface area contributed by atoms with Crippen LogP contribution in [0.5, 0.6) is 17.2 Å². The first kappa shape index (κ1) is 20.5. The molecule has 0 radical (unpaired) electrons. The van der Waals surface area contributed by atoms with Crippen LogP contribution >= 0.6 is 0 Å². The van der Waals surface area contributed by atoms with Gasteiger partial charge in [-0.1, -0.05) is 13.0 Å². The number of benzene rings is 2. The van der Waals surface area contributed by atoms with Crippen LogP contribution in [0, 0.1) is 0 Å². The quantitative estimate of drug-likeness (QED) is 0.737. The van der Waals surface area contributed by atoms with Gasteiger partial charge < -0.3 is 24.4 Å². The summed E-state index contributed by atoms with van der Waals surface area (Å²) in [4.78, 5) is 26.1. The molecule has 154 valence electrons. The molecule has 0 unspecified atom stereocenters. The van der Waals surface area contributed by atoms with E-state index in [0.717, 1.165) is 17.7 Å². The van der Waals surface area contributed by atoms with Crippen LogP contribution < -0.4 is 24.4 Å². The Morgan fingerprint density at radius 1 is 1.14 bits per heavy atom. The maximum Gasteiger partial charge on any atom is 0.265 e. The Kier molecular flexibility index (Phi) is 6.59. The highest BCUT2D eigenvalue weighted by atomic mass is 16.5. The molecular formula is C22H26N2O5. The molecule has 0 saturated heterocycles. The number of hydrogen-bond acceptors (Lipinski definition) is 5. The summed E-state index contributed by atoms with van der Waals surface area (Å²) < 4.78 is 16.1. The molecule has 0 aromatic heterocycles. The first-order valence-corrected chi connectivity index (χ1v) is 9.63. The summed E-state index contributed by atoms with van der Waals surface area (Å²) in [5.41, 5.74) is 2.37. The number of hydrogen-bond donors (Lipinski definition) is 1. The molecule has 7 nitrogen and oxygen atoms in total. The van der Waals surface area contributed by atoms with Crippen molar-refractivity contribution in [2.75, 3.05) is 37.6 Å². The Morgan fingerprint density at radius 3 is 2.66 bits per heavy atom. The molecule has 0 spiro atoms. The predicted molar refractivity (Wildman–Crippen MR) is 111 cm³/mol. The number of amides is 2. The molecule has 29 heavy (non-hydrogen) atoms. The number of nitrogens with zero attached hydrogens (tertiary/aromatic N) is 1. The highest BCUT2D eigenvalue weighted by Crippen LogP contribution is 2.34. The second-order valence-corrected chi connectivity index (χ2v) is 6.75. The van der Waals surface area contributed by atoms with E-state index in [9.17, 15) is 9.59 Å². The van der Waals surface area contributed by atoms with Crippen LogP contribution in [0.1, 0.15) is 25.3 Å². The van der Waals surface area contributed by atoms with E-state index in [1.807, 2.05) is 31.2 Å². The third kappa shape index (κ3) is 4.80. The Hall–Kier alpha value is -3.22. The highest BCUT2D eigenvalue weighted by molar-refractivity contribution is 5.99. The third-order valence-electron chi connectivity index (χ3n) is 4.72. The Balaban J connectivity index is 1.62. The molecule has 0 aliphatic carbocycles. The summed E-state index contributed by atoms with van der Waals surface area (Å²) in [6.45, 7) is 2.69. The van der Waals surface area contributed by atoms with E-state index in [1.165, 1.54) is 0 Å². The first-order valence-electron chi connectivity index (χ1n) is 9.63. The summed E-state index contributed by atoms with van der Waals surface area (Å²) in [5.74, 6) is 1.76. The molecule has 0 atom stereocenters. The average molecular weight is 398 g/mol. The van der Waals surface area contributed by atoms with Crippen LogP contribution in [0.25, 0.3) is 0 Å². The van der Waals surface area contributed by atoms with Crippen molar-refractivity contribution in [3.05, 3.63) is 42.0 Å². The minimum atomic E-state index is -0.1000. The fraction of sp³-hybridized carbons (Fsp3) is 0.364. The SMILES string of the molecule is CCCN1C(=O)COc2cc(NC(=O)CCc3ccc(OC)c(OC)c3)ccc21. The fourth-order valence-electron chi connectivity index (χ4n) is 3.27. The molecule has 1 heterocycles. The van der Waals surface area contributed by atoms with Gasteiger partial charge >= 0.3 is 0 Å². The van der Waals surface area contributed by atoms with E-state index in [0.29, 0.717) is 42.3 Å². The maximum atomic E-state index is 12.4. The van der Waals surface area contributed by atoms with E-state index in [1.54, 1.807) is 31.3 Å². The van der Waals surface area contributed by atoms with Gasteiger partial charge in [-0.3, -0.25) is 9.59 Å². The number of ether oxygens (including phenoxy) is 3. The Bertz CT molecular complexity index is 897. The molecule has 2 aromatic carbocycles. The van der Waals surface area contributed by atoms with Crippen LogP contribution in [-0.2, 0) is 16.0 Å². The smallest absolute Gasteiger partial charge is 0.265 e. The van der Waals surface area contributed by atoms with Crippen molar-refractivity contribution in [3.8, 4) is 17.2 Å². The van der Waals surface area contributed by atoms with E-state index < -0.39 is 0 Å². The number of aryl methyl sites for hydroxylation is 1. The minimum Gasteiger partial charge on any atom is -0.493 e. The van der Waals surface area contributed by atoms with E-state index >= 15 is 0 Å². The predicted octanol–water partition coefficient (Wildman–Crippen LogP) is 3.41. The zero-order valence-electron chi connectivity index (χ0n) is 17.0. The standard InChI is InChI=1S/C22H26N2O5/c1-4-11-24-17-8-7-16(13-19(17)29-14-22(24)26)23-21(25)10-6-15-5-9-18(27-2)20(12-15)28-3/h5,7-9,12-13H,4,6,10-11,14H2,1-3H3,(H,23,25). The van der Waals surface area contributed by atoms with Gasteiger partial charge in [0.15, 0.2) is 18.1 Å². The lowest BCUT2D eigenvalue weighted by atomic mass is 10.1. The average Bonchev–Trinajstić information content (AvgIpc) is 2.74. The van der Waals surface area contributed by atoms with Gasteiger partial charge in [-0.15, -0.1) is 0 Å². The zero-order valence-corrected chi connectivity index (χ0v) is 17.0. The number of nitrogens with one attached hydrogen (secondary N) is 1. The summed E-state index contributed by atoms with van der Waals surface area (Å²) in [6, 6.07) is 11.0. The van der Waals surface area contributed by atoms with Crippen LogP contribution in [0.4, 0.5) is 11.4 Å². The van der Waals surface area contributed by atoms with Gasteiger partial charge in [-0.25, -0.2) is 0 Å². The number of fused-ring (bicyclic) bond motifs is 1. The van der Waals surface area contributed by atoms with Gasteiger partial charge in [-0.05, 0) is 42.7 Å². The molecule has 1 aliphatic heterocycles. The van der Waals surface area contributed by atoms with Crippen molar-refractivity contribution < 1.29 is 23.8 Å². The first-order chi connectivity index (χ1) is 14.0. The Morgan fingerprint density at radius 2 is 1.93 bits per heavy atom. The van der Waals surface area contributed by atoms with E-state index in [-0.39, 0.29) is 18.4 Å². The minimum absolute atomic E-state index is 0.0176. The summed E-state index contributed by atoms with van der Waals surface area (Å²) in [5, 5.41) is 2.89. The molecule has 0 saturated carbocycles. The van der Waals surface area contributed by atoms with Gasteiger partial charge in [0.2, 0.25) is 5.91 Å². The lowest BCUT2D eigenvalue weighted by Crippen LogP contribution is -2.39. The number of rotatable bonds is 8. The van der Waals surface area contributed by atoms with Crippen LogP contribution in [0.2, 0.25) is 0 Å². The van der Waals surface area contributed by atoms with Crippen molar-refractivity contribution in [1.29, 1.82) is 0 Å². The largest absolute Gasteiger partial charge is 0.493 e. The van der Waals surface area contributed by atoms with Gasteiger partial charge in [-0.2, -0.15) is 0 Å². The summed E-state index contributed by atoms with van der Waals surface area (Å²) in [6.07, 6.45) is 1.76. The number of carbonyl (C=O) groups excluding carboxylic acids is 2. The molecule has 3 rings (SSSR count). The molecule has 0 fully saturated rings.